The maximum absolute atomic E-state index is 12.2. The highest BCUT2D eigenvalue weighted by molar-refractivity contribution is 7.91. The summed E-state index contributed by atoms with van der Waals surface area (Å²) in [5.74, 6) is -1.10. The minimum Gasteiger partial charge on any atom is -0.477 e. The Hall–Kier alpha value is -0.920. The van der Waals surface area contributed by atoms with Gasteiger partial charge in [-0.1, -0.05) is 20.3 Å². The van der Waals surface area contributed by atoms with Crippen LogP contribution < -0.4 is 0 Å². The maximum atomic E-state index is 12.2. The molecule has 0 spiro atoms. The number of nitrogens with zero attached hydrogens (tertiary/aromatic N) is 1. The molecular weight excluding hydrogens is 274 g/mol. The second-order valence-corrected chi connectivity index (χ2v) is 7.02. The lowest BCUT2D eigenvalue weighted by Crippen LogP contribution is -2.31. The van der Waals surface area contributed by atoms with E-state index in [1.807, 2.05) is 6.92 Å². The van der Waals surface area contributed by atoms with Gasteiger partial charge in [0.05, 0.1) is 0 Å². The van der Waals surface area contributed by atoms with Gasteiger partial charge < -0.3 is 5.11 Å². The van der Waals surface area contributed by atoms with Crippen molar-refractivity contribution < 1.29 is 18.3 Å². The molecule has 7 heteroatoms. The second-order valence-electron chi connectivity index (χ2n) is 3.77. The zero-order valence-corrected chi connectivity index (χ0v) is 12.1. The summed E-state index contributed by atoms with van der Waals surface area (Å²) in [5, 5.41) is 8.80. The summed E-state index contributed by atoms with van der Waals surface area (Å²) >= 11 is 0.796. The first-order valence-electron chi connectivity index (χ1n) is 5.76. The summed E-state index contributed by atoms with van der Waals surface area (Å²) in [7, 11) is -3.55. The molecule has 0 aliphatic rings. The molecule has 0 fully saturated rings. The zero-order chi connectivity index (χ0) is 13.8. The third-order valence-electron chi connectivity index (χ3n) is 2.50. The van der Waals surface area contributed by atoms with Crippen LogP contribution in [-0.4, -0.2) is 36.9 Å². The third kappa shape index (κ3) is 3.30. The van der Waals surface area contributed by atoms with E-state index in [2.05, 4.69) is 0 Å². The average molecular weight is 291 g/mol. The Balaban J connectivity index is 2.99. The number of hydrogen-bond donors (Lipinski definition) is 1. The quantitative estimate of drug-likeness (QED) is 0.836. The zero-order valence-electron chi connectivity index (χ0n) is 10.4. The number of thiophene rings is 1. The highest BCUT2D eigenvalue weighted by Gasteiger charge is 2.25. The molecule has 1 N–H and O–H groups in total. The normalized spacial score (nSPS) is 11.9. The number of aromatic carboxylic acids is 1. The van der Waals surface area contributed by atoms with E-state index >= 15 is 0 Å². The van der Waals surface area contributed by atoms with Gasteiger partial charge in [0.25, 0.3) is 10.0 Å². The molecule has 5 nitrogen and oxygen atoms in total. The van der Waals surface area contributed by atoms with Crippen molar-refractivity contribution in [3.63, 3.8) is 0 Å². The molecule has 0 unspecified atom stereocenters. The van der Waals surface area contributed by atoms with Crippen LogP contribution in [0.25, 0.3) is 0 Å². The Labute approximate surface area is 111 Å². The van der Waals surface area contributed by atoms with E-state index in [0.29, 0.717) is 13.1 Å². The van der Waals surface area contributed by atoms with E-state index < -0.39 is 16.0 Å². The number of carboxylic acids is 1. The van der Waals surface area contributed by atoms with Crippen molar-refractivity contribution in [2.45, 2.75) is 30.9 Å². The lowest BCUT2D eigenvalue weighted by molar-refractivity contribution is 0.0702. The van der Waals surface area contributed by atoms with E-state index in [1.54, 1.807) is 6.92 Å². The van der Waals surface area contributed by atoms with Crippen LogP contribution >= 0.6 is 11.3 Å². The predicted molar refractivity (Wildman–Crippen MR) is 70.6 cm³/mol. The first-order chi connectivity index (χ1) is 8.43. The van der Waals surface area contributed by atoms with E-state index in [0.717, 1.165) is 24.2 Å². The van der Waals surface area contributed by atoms with Crippen LogP contribution in [0.4, 0.5) is 0 Å². The Morgan fingerprint density at radius 3 is 2.50 bits per heavy atom. The summed E-state index contributed by atoms with van der Waals surface area (Å²) < 4.78 is 26.0. The molecule has 0 saturated heterocycles. The standard InChI is InChI=1S/C11H17NO4S2/c1-3-5-8-12(4-2)18(15,16)10-7-6-9(17-10)11(13)14/h6-7H,3-5,8H2,1-2H3,(H,13,14). The largest absolute Gasteiger partial charge is 0.477 e. The molecule has 0 amide bonds. The topological polar surface area (TPSA) is 74.7 Å². The van der Waals surface area contributed by atoms with E-state index in [-0.39, 0.29) is 9.09 Å². The predicted octanol–water partition coefficient (Wildman–Crippen LogP) is 2.26. The molecule has 0 aliphatic heterocycles. The fraction of sp³-hybridized carbons (Fsp3) is 0.545. The van der Waals surface area contributed by atoms with Gasteiger partial charge in [0.1, 0.15) is 9.09 Å². The Morgan fingerprint density at radius 2 is 2.06 bits per heavy atom. The number of sulfonamides is 1. The van der Waals surface area contributed by atoms with Crippen molar-refractivity contribution in [3.05, 3.63) is 17.0 Å². The first kappa shape index (κ1) is 15.1. The molecule has 1 heterocycles. The minimum atomic E-state index is -3.55. The summed E-state index contributed by atoms with van der Waals surface area (Å²) in [6, 6.07) is 2.69. The number of unbranched alkanes of at least 4 members (excludes halogenated alkanes) is 1. The van der Waals surface area contributed by atoms with E-state index in [4.69, 9.17) is 5.11 Å². The highest BCUT2D eigenvalue weighted by atomic mass is 32.2. The van der Waals surface area contributed by atoms with Crippen LogP contribution in [-0.2, 0) is 10.0 Å². The van der Waals surface area contributed by atoms with Crippen molar-refractivity contribution in [1.82, 2.24) is 4.31 Å². The molecule has 0 atom stereocenters. The number of carbonyl (C=O) groups is 1. The third-order valence-corrected chi connectivity index (χ3v) is 6.01. The Morgan fingerprint density at radius 1 is 1.39 bits per heavy atom. The van der Waals surface area contributed by atoms with Crippen molar-refractivity contribution in [1.29, 1.82) is 0 Å². The molecule has 102 valence electrons. The Bertz CT molecular complexity index is 507. The van der Waals surface area contributed by atoms with Gasteiger partial charge in [-0.3, -0.25) is 0 Å². The molecule has 0 bridgehead atoms. The van der Waals surface area contributed by atoms with Gasteiger partial charge in [-0.25, -0.2) is 13.2 Å². The van der Waals surface area contributed by atoms with Gasteiger partial charge in [0, 0.05) is 13.1 Å². The number of carboxylic acid groups (broad SMARTS) is 1. The summed E-state index contributed by atoms with van der Waals surface area (Å²) in [5.41, 5.74) is 0. The monoisotopic (exact) mass is 291 g/mol. The smallest absolute Gasteiger partial charge is 0.345 e. The van der Waals surface area contributed by atoms with Gasteiger partial charge in [-0.05, 0) is 18.6 Å². The molecule has 0 saturated carbocycles. The fourth-order valence-corrected chi connectivity index (χ4v) is 4.27. The maximum Gasteiger partial charge on any atom is 0.345 e. The van der Waals surface area contributed by atoms with Crippen molar-refractivity contribution in [2.75, 3.05) is 13.1 Å². The first-order valence-corrected chi connectivity index (χ1v) is 8.02. The lowest BCUT2D eigenvalue weighted by Gasteiger charge is -2.18. The van der Waals surface area contributed by atoms with Gasteiger partial charge >= 0.3 is 5.97 Å². The summed E-state index contributed by atoms with van der Waals surface area (Å²) in [4.78, 5) is 10.8. The van der Waals surface area contributed by atoms with E-state index in [1.165, 1.54) is 16.4 Å². The van der Waals surface area contributed by atoms with Crippen molar-refractivity contribution in [3.8, 4) is 0 Å². The van der Waals surface area contributed by atoms with Crippen molar-refractivity contribution >= 4 is 27.3 Å². The Kier molecular flexibility index (Phi) is 5.30. The van der Waals surface area contributed by atoms with Crippen molar-refractivity contribution in [2.24, 2.45) is 0 Å². The van der Waals surface area contributed by atoms with Crippen LogP contribution in [0.15, 0.2) is 16.3 Å². The SMILES string of the molecule is CCCCN(CC)S(=O)(=O)c1ccc(C(=O)O)s1. The van der Waals surface area contributed by atoms with Crippen LogP contribution in [0.3, 0.4) is 0 Å². The molecule has 1 rings (SSSR count). The van der Waals surface area contributed by atoms with Crippen LogP contribution in [0.1, 0.15) is 36.4 Å². The molecule has 0 aliphatic carbocycles. The molecule has 1 aromatic heterocycles. The molecule has 0 radical (unpaired) electrons. The molecule has 18 heavy (non-hydrogen) atoms. The van der Waals surface area contributed by atoms with Gasteiger partial charge in [-0.15, -0.1) is 11.3 Å². The summed E-state index contributed by atoms with van der Waals surface area (Å²) in [6.45, 7) is 4.63. The van der Waals surface area contributed by atoms with Gasteiger partial charge in [-0.2, -0.15) is 4.31 Å². The van der Waals surface area contributed by atoms with Crippen LogP contribution in [0.2, 0.25) is 0 Å². The lowest BCUT2D eigenvalue weighted by atomic mass is 10.3. The average Bonchev–Trinajstić information content (AvgIpc) is 2.79. The molecule has 0 aromatic carbocycles. The molecular formula is C11H17NO4S2. The molecule has 1 aromatic rings. The number of hydrogen-bond acceptors (Lipinski definition) is 4. The second kappa shape index (κ2) is 6.31. The van der Waals surface area contributed by atoms with Crippen LogP contribution in [0, 0.1) is 0 Å². The minimum absolute atomic E-state index is 0.0418. The van der Waals surface area contributed by atoms with Gasteiger partial charge in [0.15, 0.2) is 0 Å². The highest BCUT2D eigenvalue weighted by Crippen LogP contribution is 2.25. The van der Waals surface area contributed by atoms with Crippen LogP contribution in [0.5, 0.6) is 0 Å². The summed E-state index contributed by atoms with van der Waals surface area (Å²) in [6.07, 6.45) is 1.71. The fourth-order valence-electron chi connectivity index (χ4n) is 1.48. The number of rotatable bonds is 7. The van der Waals surface area contributed by atoms with Gasteiger partial charge in [0.2, 0.25) is 0 Å². The van der Waals surface area contributed by atoms with E-state index in [9.17, 15) is 13.2 Å².